The number of hydrogen-bond acceptors (Lipinski definition) is 5. The zero-order valence-corrected chi connectivity index (χ0v) is 20.8. The van der Waals surface area contributed by atoms with E-state index in [4.69, 9.17) is 9.47 Å². The Kier molecular flexibility index (Phi) is 8.02. The van der Waals surface area contributed by atoms with Crippen LogP contribution in [0.4, 0.5) is 5.69 Å². The standard InChI is InChI=1S/C29H31N3O4/c1-4-23(19-32(2)18-20-10-6-5-7-11-20)30-28(33)22-14-15-26-24(16-22)31-29(34)27(36-26)17-21-12-8-9-13-25(21)35-3/h5-17,23H,4,18-19H2,1-3H3,(H,30,33)(H,31,34)/b27-17+/t23-/m0/s1. The van der Waals surface area contributed by atoms with E-state index in [0.29, 0.717) is 22.7 Å². The van der Waals surface area contributed by atoms with E-state index < -0.39 is 0 Å². The Morgan fingerprint density at radius 3 is 2.61 bits per heavy atom. The van der Waals surface area contributed by atoms with E-state index in [1.54, 1.807) is 31.4 Å². The molecule has 0 saturated carbocycles. The number of fused-ring (bicyclic) bond motifs is 1. The van der Waals surface area contributed by atoms with Crippen LogP contribution in [0.25, 0.3) is 6.08 Å². The maximum atomic E-state index is 13.0. The van der Waals surface area contributed by atoms with Crippen molar-refractivity contribution in [3.63, 3.8) is 0 Å². The van der Waals surface area contributed by atoms with E-state index >= 15 is 0 Å². The van der Waals surface area contributed by atoms with Gasteiger partial charge in [-0.25, -0.2) is 0 Å². The monoisotopic (exact) mass is 485 g/mol. The number of carbonyl (C=O) groups is 2. The molecular weight excluding hydrogens is 454 g/mol. The molecule has 0 aliphatic carbocycles. The number of methoxy groups -OCH3 is 1. The topological polar surface area (TPSA) is 79.9 Å². The summed E-state index contributed by atoms with van der Waals surface area (Å²) in [6.07, 6.45) is 2.43. The van der Waals surface area contributed by atoms with Gasteiger partial charge in [0.1, 0.15) is 5.75 Å². The van der Waals surface area contributed by atoms with Crippen LogP contribution in [0.5, 0.6) is 11.5 Å². The fraction of sp³-hybridized carbons (Fsp3) is 0.241. The van der Waals surface area contributed by atoms with Gasteiger partial charge in [-0.1, -0.05) is 55.5 Å². The molecule has 2 N–H and O–H groups in total. The highest BCUT2D eigenvalue weighted by Gasteiger charge is 2.24. The van der Waals surface area contributed by atoms with Gasteiger partial charge in [0.05, 0.1) is 12.8 Å². The number of nitrogens with one attached hydrogen (secondary N) is 2. The third kappa shape index (κ3) is 6.12. The second-order valence-electron chi connectivity index (χ2n) is 8.78. The summed E-state index contributed by atoms with van der Waals surface area (Å²) in [5.74, 6) is 0.681. The Morgan fingerprint density at radius 2 is 1.86 bits per heavy atom. The van der Waals surface area contributed by atoms with Gasteiger partial charge in [0.15, 0.2) is 11.5 Å². The van der Waals surface area contributed by atoms with E-state index in [1.807, 2.05) is 49.5 Å². The minimum Gasteiger partial charge on any atom is -0.496 e. The van der Waals surface area contributed by atoms with Crippen LogP contribution >= 0.6 is 0 Å². The summed E-state index contributed by atoms with van der Waals surface area (Å²) in [6.45, 7) is 3.58. The molecule has 7 nitrogen and oxygen atoms in total. The van der Waals surface area contributed by atoms with Crippen LogP contribution in [0, 0.1) is 0 Å². The van der Waals surface area contributed by atoms with E-state index in [-0.39, 0.29) is 23.6 Å². The summed E-state index contributed by atoms with van der Waals surface area (Å²) in [5.41, 5.74) is 2.87. The van der Waals surface area contributed by atoms with Crippen molar-refractivity contribution in [2.45, 2.75) is 25.9 Å². The maximum absolute atomic E-state index is 13.0. The second kappa shape index (κ2) is 11.6. The molecule has 1 atom stereocenters. The van der Waals surface area contributed by atoms with Crippen LogP contribution in [-0.2, 0) is 11.3 Å². The molecule has 2 amide bonds. The lowest BCUT2D eigenvalue weighted by atomic mass is 10.1. The predicted octanol–water partition coefficient (Wildman–Crippen LogP) is 4.71. The maximum Gasteiger partial charge on any atom is 0.291 e. The Labute approximate surface area is 211 Å². The van der Waals surface area contributed by atoms with Gasteiger partial charge in [-0.15, -0.1) is 0 Å². The fourth-order valence-electron chi connectivity index (χ4n) is 4.11. The summed E-state index contributed by atoms with van der Waals surface area (Å²) in [5, 5.41) is 5.94. The number of nitrogens with zero attached hydrogens (tertiary/aromatic N) is 1. The molecule has 0 unspecified atom stereocenters. The van der Waals surface area contributed by atoms with Crippen LogP contribution < -0.4 is 20.1 Å². The van der Waals surface area contributed by atoms with Gasteiger partial charge in [0.2, 0.25) is 0 Å². The van der Waals surface area contributed by atoms with Crippen molar-refractivity contribution in [2.75, 3.05) is 26.0 Å². The van der Waals surface area contributed by atoms with Gasteiger partial charge in [-0.3, -0.25) is 9.59 Å². The van der Waals surface area contributed by atoms with Gasteiger partial charge in [0, 0.05) is 30.3 Å². The minimum atomic E-state index is -0.389. The molecule has 0 bridgehead atoms. The highest BCUT2D eigenvalue weighted by atomic mass is 16.5. The second-order valence-corrected chi connectivity index (χ2v) is 8.78. The number of rotatable bonds is 9. The molecule has 3 aromatic rings. The third-order valence-corrected chi connectivity index (χ3v) is 6.01. The first kappa shape index (κ1) is 25.0. The average Bonchev–Trinajstić information content (AvgIpc) is 2.89. The summed E-state index contributed by atoms with van der Waals surface area (Å²) < 4.78 is 11.2. The van der Waals surface area contributed by atoms with Crippen molar-refractivity contribution < 1.29 is 19.1 Å². The highest BCUT2D eigenvalue weighted by Crippen LogP contribution is 2.33. The fourth-order valence-corrected chi connectivity index (χ4v) is 4.11. The number of benzene rings is 3. The van der Waals surface area contributed by atoms with Crippen molar-refractivity contribution in [3.8, 4) is 11.5 Å². The Balaban J connectivity index is 1.42. The molecule has 1 heterocycles. The number of anilines is 1. The molecule has 36 heavy (non-hydrogen) atoms. The summed E-state index contributed by atoms with van der Waals surface area (Å²) >= 11 is 0. The highest BCUT2D eigenvalue weighted by molar-refractivity contribution is 6.09. The Morgan fingerprint density at radius 1 is 1.11 bits per heavy atom. The molecule has 0 spiro atoms. The van der Waals surface area contributed by atoms with Gasteiger partial charge in [-0.05, 0) is 49.4 Å². The lowest BCUT2D eigenvalue weighted by Crippen LogP contribution is -2.42. The number of amides is 2. The molecule has 1 aliphatic heterocycles. The first-order valence-corrected chi connectivity index (χ1v) is 12.0. The van der Waals surface area contributed by atoms with Crippen molar-refractivity contribution in [1.29, 1.82) is 0 Å². The lowest BCUT2D eigenvalue weighted by molar-refractivity contribution is -0.115. The molecular formula is C29H31N3O4. The number of ether oxygens (including phenoxy) is 2. The van der Waals surface area contributed by atoms with Gasteiger partial charge >= 0.3 is 0 Å². The quantitative estimate of drug-likeness (QED) is 0.429. The van der Waals surface area contributed by atoms with Crippen LogP contribution in [0.3, 0.4) is 0 Å². The van der Waals surface area contributed by atoms with E-state index in [0.717, 1.165) is 25.1 Å². The summed E-state index contributed by atoms with van der Waals surface area (Å²) in [7, 11) is 3.62. The molecule has 3 aromatic carbocycles. The zero-order chi connectivity index (χ0) is 25.5. The van der Waals surface area contributed by atoms with Crippen LogP contribution in [0.2, 0.25) is 0 Å². The van der Waals surface area contributed by atoms with E-state index in [2.05, 4.69) is 34.6 Å². The third-order valence-electron chi connectivity index (χ3n) is 6.01. The molecule has 1 aliphatic rings. The molecule has 0 saturated heterocycles. The number of hydrogen-bond donors (Lipinski definition) is 2. The smallest absolute Gasteiger partial charge is 0.291 e. The minimum absolute atomic E-state index is 0.0107. The number of likely N-dealkylation sites (N-methyl/N-ethyl adjacent to an activating group) is 1. The zero-order valence-electron chi connectivity index (χ0n) is 20.8. The molecule has 0 radical (unpaired) electrons. The number of carbonyl (C=O) groups excluding carboxylic acids is 2. The molecule has 7 heteroatoms. The largest absolute Gasteiger partial charge is 0.496 e. The molecule has 4 rings (SSSR count). The average molecular weight is 486 g/mol. The van der Waals surface area contributed by atoms with Gasteiger partial charge in [-0.2, -0.15) is 0 Å². The van der Waals surface area contributed by atoms with Crippen LogP contribution in [0.1, 0.15) is 34.8 Å². The van der Waals surface area contributed by atoms with Crippen LogP contribution in [-0.4, -0.2) is 43.5 Å². The summed E-state index contributed by atoms with van der Waals surface area (Å²) in [6, 6.07) is 22.6. The first-order valence-electron chi connectivity index (χ1n) is 12.0. The van der Waals surface area contributed by atoms with Crippen LogP contribution in [0.15, 0.2) is 78.6 Å². The Bertz CT molecular complexity index is 1260. The molecule has 0 aromatic heterocycles. The van der Waals surface area contributed by atoms with Crippen molar-refractivity contribution >= 4 is 23.6 Å². The van der Waals surface area contributed by atoms with Crippen molar-refractivity contribution in [3.05, 3.63) is 95.2 Å². The summed E-state index contributed by atoms with van der Waals surface area (Å²) in [4.78, 5) is 27.9. The lowest BCUT2D eigenvalue weighted by Gasteiger charge is -2.25. The van der Waals surface area contributed by atoms with Gasteiger partial charge < -0.3 is 25.0 Å². The normalized spacial score (nSPS) is 14.6. The Hall–Kier alpha value is -4.10. The molecule has 186 valence electrons. The van der Waals surface area contributed by atoms with E-state index in [9.17, 15) is 9.59 Å². The number of para-hydroxylation sites is 1. The molecule has 0 fully saturated rings. The van der Waals surface area contributed by atoms with Crippen molar-refractivity contribution in [1.82, 2.24) is 10.2 Å². The van der Waals surface area contributed by atoms with Crippen molar-refractivity contribution in [2.24, 2.45) is 0 Å². The van der Waals surface area contributed by atoms with Gasteiger partial charge in [0.25, 0.3) is 11.8 Å². The predicted molar refractivity (Wildman–Crippen MR) is 141 cm³/mol. The SMILES string of the molecule is CC[C@@H](CN(C)Cc1ccccc1)NC(=O)c1ccc2c(c1)NC(=O)/C(=C\c1ccccc1OC)O2. The first-order chi connectivity index (χ1) is 17.5. The van der Waals surface area contributed by atoms with E-state index in [1.165, 1.54) is 5.56 Å².